The third-order valence-corrected chi connectivity index (χ3v) is 4.58. The van der Waals surface area contributed by atoms with Crippen molar-refractivity contribution in [3.05, 3.63) is 70.5 Å². The van der Waals surface area contributed by atoms with Crippen molar-refractivity contribution in [3.8, 4) is 28.4 Å². The summed E-state index contributed by atoms with van der Waals surface area (Å²) in [5.74, 6) is 1.55. The molecule has 6 heteroatoms. The monoisotopic (exact) mass is 377 g/mol. The van der Waals surface area contributed by atoms with Gasteiger partial charge in [0.1, 0.15) is 29.9 Å². The zero-order chi connectivity index (χ0) is 19.7. The van der Waals surface area contributed by atoms with E-state index in [0.717, 1.165) is 34.9 Å². The molecule has 0 spiro atoms. The van der Waals surface area contributed by atoms with Gasteiger partial charge in [-0.15, -0.1) is 0 Å². The van der Waals surface area contributed by atoms with Crippen LogP contribution >= 0.6 is 0 Å². The van der Waals surface area contributed by atoms with Crippen molar-refractivity contribution in [2.45, 2.75) is 19.6 Å². The van der Waals surface area contributed by atoms with E-state index in [-0.39, 0.29) is 11.7 Å². The highest BCUT2D eigenvalue weighted by Gasteiger charge is 2.20. The number of para-hydroxylation sites is 1. The van der Waals surface area contributed by atoms with E-state index in [4.69, 9.17) is 9.47 Å². The predicted octanol–water partition coefficient (Wildman–Crippen LogP) is 3.12. The second kappa shape index (κ2) is 7.48. The van der Waals surface area contributed by atoms with Crippen LogP contribution in [-0.4, -0.2) is 41.4 Å². The molecular weight excluding hydrogens is 354 g/mol. The summed E-state index contributed by atoms with van der Waals surface area (Å²) in [5, 5.41) is 4.63. The molecule has 1 unspecified atom stereocenters. The average molecular weight is 377 g/mol. The van der Waals surface area contributed by atoms with Gasteiger partial charge in [-0.25, -0.2) is 0 Å². The molecule has 0 radical (unpaired) electrons. The van der Waals surface area contributed by atoms with Crippen LogP contribution < -0.4 is 15.0 Å². The minimum absolute atomic E-state index is 0.0712. The van der Waals surface area contributed by atoms with Crippen LogP contribution in [0.5, 0.6) is 11.5 Å². The van der Waals surface area contributed by atoms with Gasteiger partial charge in [0.25, 0.3) is 5.56 Å². The van der Waals surface area contributed by atoms with Crippen molar-refractivity contribution >= 4 is 0 Å². The molecule has 1 atom stereocenters. The van der Waals surface area contributed by atoms with Crippen LogP contribution in [0.15, 0.2) is 59.4 Å². The summed E-state index contributed by atoms with van der Waals surface area (Å²) in [6, 6.07) is 16.8. The Balaban J connectivity index is 1.65. The molecule has 2 heterocycles. The standard InChI is InChI=1S/C22H23N3O3/c1-15(13-24(2)3)28-18-10-8-17(9-11-18)25-21(26)12-16-14-27-20-7-5-4-6-19(20)22(16)23-25/h4-12,15H,13-14H2,1-3H3. The van der Waals surface area contributed by atoms with Crippen LogP contribution in [0, 0.1) is 0 Å². The summed E-state index contributed by atoms with van der Waals surface area (Å²) in [5.41, 5.74) is 2.99. The van der Waals surface area contributed by atoms with Crippen LogP contribution in [0.25, 0.3) is 16.9 Å². The molecule has 144 valence electrons. The lowest BCUT2D eigenvalue weighted by atomic mass is 10.0. The van der Waals surface area contributed by atoms with E-state index in [9.17, 15) is 4.79 Å². The fourth-order valence-corrected chi connectivity index (χ4v) is 3.41. The predicted molar refractivity (Wildman–Crippen MR) is 108 cm³/mol. The fraction of sp³-hybridized carbons (Fsp3) is 0.273. The van der Waals surface area contributed by atoms with Crippen molar-refractivity contribution in [1.29, 1.82) is 0 Å². The Labute approximate surface area is 163 Å². The Morgan fingerprint density at radius 3 is 2.68 bits per heavy atom. The number of nitrogens with zero attached hydrogens (tertiary/aromatic N) is 3. The summed E-state index contributed by atoms with van der Waals surface area (Å²) in [7, 11) is 4.03. The van der Waals surface area contributed by atoms with Crippen LogP contribution in [0.1, 0.15) is 12.5 Å². The SMILES string of the molecule is CC(CN(C)C)Oc1ccc(-n2nc3c(cc2=O)COc2ccccc2-3)cc1. The second-order valence-electron chi connectivity index (χ2n) is 7.24. The molecule has 1 aromatic heterocycles. The van der Waals surface area contributed by atoms with E-state index in [1.165, 1.54) is 4.68 Å². The Morgan fingerprint density at radius 2 is 1.93 bits per heavy atom. The van der Waals surface area contributed by atoms with Crippen molar-refractivity contribution in [2.24, 2.45) is 0 Å². The molecule has 4 rings (SSSR count). The van der Waals surface area contributed by atoms with Gasteiger partial charge in [0.15, 0.2) is 0 Å². The molecule has 1 aliphatic heterocycles. The average Bonchev–Trinajstić information content (AvgIpc) is 2.67. The van der Waals surface area contributed by atoms with Gasteiger partial charge in [-0.2, -0.15) is 9.78 Å². The van der Waals surface area contributed by atoms with Gasteiger partial charge in [0.05, 0.1) is 5.69 Å². The zero-order valence-electron chi connectivity index (χ0n) is 16.3. The van der Waals surface area contributed by atoms with Gasteiger partial charge in [0, 0.05) is 23.7 Å². The first kappa shape index (κ1) is 18.3. The van der Waals surface area contributed by atoms with Crippen LogP contribution in [0.4, 0.5) is 0 Å². The van der Waals surface area contributed by atoms with Crippen molar-refractivity contribution < 1.29 is 9.47 Å². The van der Waals surface area contributed by atoms with Gasteiger partial charge in [-0.3, -0.25) is 4.79 Å². The molecule has 0 saturated heterocycles. The summed E-state index contributed by atoms with van der Waals surface area (Å²) in [6.07, 6.45) is 0.0712. The van der Waals surface area contributed by atoms with Gasteiger partial charge in [0.2, 0.25) is 0 Å². The molecule has 3 aromatic rings. The van der Waals surface area contributed by atoms with E-state index in [0.29, 0.717) is 12.3 Å². The second-order valence-corrected chi connectivity index (χ2v) is 7.24. The van der Waals surface area contributed by atoms with Crippen LogP contribution in [0.3, 0.4) is 0 Å². The third-order valence-electron chi connectivity index (χ3n) is 4.58. The lowest BCUT2D eigenvalue weighted by molar-refractivity contribution is 0.177. The number of hydrogen-bond donors (Lipinski definition) is 0. The smallest absolute Gasteiger partial charge is 0.271 e. The zero-order valence-corrected chi connectivity index (χ0v) is 16.3. The number of benzene rings is 2. The van der Waals surface area contributed by atoms with Gasteiger partial charge >= 0.3 is 0 Å². The number of likely N-dealkylation sites (N-methyl/N-ethyl adjacent to an activating group) is 1. The summed E-state index contributed by atoms with van der Waals surface area (Å²) in [4.78, 5) is 14.7. The third kappa shape index (κ3) is 3.64. The lowest BCUT2D eigenvalue weighted by Gasteiger charge is -2.20. The van der Waals surface area contributed by atoms with E-state index in [1.807, 2.05) is 69.6 Å². The topological polar surface area (TPSA) is 56.6 Å². The number of aromatic nitrogens is 2. The highest BCUT2D eigenvalue weighted by atomic mass is 16.5. The van der Waals surface area contributed by atoms with Gasteiger partial charge < -0.3 is 14.4 Å². The quantitative estimate of drug-likeness (QED) is 0.684. The number of ether oxygens (including phenoxy) is 2. The highest BCUT2D eigenvalue weighted by molar-refractivity contribution is 5.71. The highest BCUT2D eigenvalue weighted by Crippen LogP contribution is 2.35. The number of fused-ring (bicyclic) bond motifs is 3. The molecule has 0 fully saturated rings. The maximum Gasteiger partial charge on any atom is 0.271 e. The molecule has 0 amide bonds. The number of hydrogen-bond acceptors (Lipinski definition) is 5. The molecule has 0 bridgehead atoms. The number of rotatable bonds is 5. The molecule has 28 heavy (non-hydrogen) atoms. The first-order valence-corrected chi connectivity index (χ1v) is 9.28. The molecule has 2 aromatic carbocycles. The van der Waals surface area contributed by atoms with E-state index in [2.05, 4.69) is 10.00 Å². The van der Waals surface area contributed by atoms with Crippen molar-refractivity contribution in [3.63, 3.8) is 0 Å². The first-order valence-electron chi connectivity index (χ1n) is 9.28. The Kier molecular flexibility index (Phi) is 4.88. The molecule has 0 N–H and O–H groups in total. The molecule has 6 nitrogen and oxygen atoms in total. The maximum atomic E-state index is 12.6. The van der Waals surface area contributed by atoms with E-state index in [1.54, 1.807) is 6.07 Å². The maximum absolute atomic E-state index is 12.6. The summed E-state index contributed by atoms with van der Waals surface area (Å²) >= 11 is 0. The summed E-state index contributed by atoms with van der Waals surface area (Å²) in [6.45, 7) is 3.21. The Hall–Kier alpha value is -3.12. The fourth-order valence-electron chi connectivity index (χ4n) is 3.41. The Bertz CT molecular complexity index is 1040. The molecule has 0 saturated carbocycles. The minimum atomic E-state index is -0.184. The lowest BCUT2D eigenvalue weighted by Crippen LogP contribution is -2.28. The molecular formula is C22H23N3O3. The largest absolute Gasteiger partial charge is 0.489 e. The van der Waals surface area contributed by atoms with Crippen molar-refractivity contribution in [2.75, 3.05) is 20.6 Å². The van der Waals surface area contributed by atoms with Crippen LogP contribution in [0.2, 0.25) is 0 Å². The van der Waals surface area contributed by atoms with Gasteiger partial charge in [-0.1, -0.05) is 12.1 Å². The van der Waals surface area contributed by atoms with E-state index < -0.39 is 0 Å². The van der Waals surface area contributed by atoms with Gasteiger partial charge in [-0.05, 0) is 57.4 Å². The summed E-state index contributed by atoms with van der Waals surface area (Å²) < 4.78 is 13.1. The first-order chi connectivity index (χ1) is 13.5. The molecule has 0 aliphatic carbocycles. The Morgan fingerprint density at radius 1 is 1.18 bits per heavy atom. The van der Waals surface area contributed by atoms with Crippen molar-refractivity contribution in [1.82, 2.24) is 14.7 Å². The van der Waals surface area contributed by atoms with Crippen LogP contribution in [-0.2, 0) is 6.61 Å². The minimum Gasteiger partial charge on any atom is -0.489 e. The van der Waals surface area contributed by atoms with E-state index >= 15 is 0 Å². The normalized spacial score (nSPS) is 13.4. The molecule has 1 aliphatic rings.